The summed E-state index contributed by atoms with van der Waals surface area (Å²) in [5.74, 6) is 0.896. The Balaban J connectivity index is 2.20. The number of hydrogen-bond acceptors (Lipinski definition) is 4. The molecule has 0 aromatic carbocycles. The van der Waals surface area contributed by atoms with E-state index < -0.39 is 0 Å². The number of methoxy groups -OCH3 is 1. The average Bonchev–Trinajstić information content (AvgIpc) is 3.06. The number of thiophene rings is 1. The summed E-state index contributed by atoms with van der Waals surface area (Å²) < 4.78 is 11.6. The molecular formula is C14H18ClNO2S. The van der Waals surface area contributed by atoms with Crippen LogP contribution in [0.25, 0.3) is 0 Å². The van der Waals surface area contributed by atoms with Gasteiger partial charge in [0.1, 0.15) is 11.8 Å². The summed E-state index contributed by atoms with van der Waals surface area (Å²) in [7, 11) is 1.72. The molecule has 0 spiro atoms. The zero-order valence-electron chi connectivity index (χ0n) is 11.1. The molecule has 104 valence electrons. The SMILES string of the molecule is CCC(COC)NC(c1ccco1)c1ccc(Cl)s1. The molecule has 5 heteroatoms. The number of furan rings is 1. The molecule has 3 nitrogen and oxygen atoms in total. The Morgan fingerprint density at radius 3 is 2.79 bits per heavy atom. The van der Waals surface area contributed by atoms with E-state index in [0.29, 0.717) is 6.61 Å². The monoisotopic (exact) mass is 299 g/mol. The first-order valence-electron chi connectivity index (χ1n) is 6.28. The molecule has 2 aromatic rings. The molecule has 2 aromatic heterocycles. The average molecular weight is 300 g/mol. The minimum atomic E-state index is 0.0209. The van der Waals surface area contributed by atoms with Gasteiger partial charge in [-0.2, -0.15) is 0 Å². The predicted octanol–water partition coefficient (Wildman–Crippen LogP) is 4.10. The van der Waals surface area contributed by atoms with Crippen LogP contribution in [0.2, 0.25) is 4.34 Å². The lowest BCUT2D eigenvalue weighted by molar-refractivity contribution is 0.159. The summed E-state index contributed by atoms with van der Waals surface area (Å²) >= 11 is 7.60. The molecule has 0 bridgehead atoms. The van der Waals surface area contributed by atoms with E-state index in [2.05, 4.69) is 12.2 Å². The van der Waals surface area contributed by atoms with Gasteiger partial charge in [-0.05, 0) is 30.7 Å². The van der Waals surface area contributed by atoms with E-state index in [1.165, 1.54) is 0 Å². The van der Waals surface area contributed by atoms with Crippen molar-refractivity contribution in [2.24, 2.45) is 0 Å². The second-order valence-corrected chi connectivity index (χ2v) is 6.06. The second-order valence-electron chi connectivity index (χ2n) is 4.32. The largest absolute Gasteiger partial charge is 0.467 e. The molecule has 0 amide bonds. The number of halogens is 1. The third-order valence-electron chi connectivity index (χ3n) is 2.97. The molecule has 0 aliphatic rings. The lowest BCUT2D eigenvalue weighted by Gasteiger charge is -2.22. The van der Waals surface area contributed by atoms with Crippen LogP contribution in [0.1, 0.15) is 30.0 Å². The molecule has 0 fully saturated rings. The van der Waals surface area contributed by atoms with Crippen LogP contribution in [0.5, 0.6) is 0 Å². The standard InChI is InChI=1S/C14H18ClNO2S/c1-3-10(9-17-2)16-14(11-5-4-8-18-11)12-6-7-13(15)19-12/h4-8,10,14,16H,3,9H2,1-2H3. The lowest BCUT2D eigenvalue weighted by Crippen LogP contribution is -2.35. The Morgan fingerprint density at radius 1 is 1.42 bits per heavy atom. The highest BCUT2D eigenvalue weighted by Crippen LogP contribution is 2.31. The van der Waals surface area contributed by atoms with Crippen LogP contribution >= 0.6 is 22.9 Å². The summed E-state index contributed by atoms with van der Waals surface area (Å²) in [6.07, 6.45) is 2.68. The van der Waals surface area contributed by atoms with Gasteiger partial charge < -0.3 is 9.15 Å². The number of hydrogen-bond donors (Lipinski definition) is 1. The highest BCUT2D eigenvalue weighted by Gasteiger charge is 2.21. The Labute approximate surface area is 122 Å². The Hall–Kier alpha value is -0.810. The number of nitrogens with one attached hydrogen (secondary N) is 1. The number of rotatable bonds is 7. The van der Waals surface area contributed by atoms with Gasteiger partial charge in [-0.15, -0.1) is 11.3 Å². The van der Waals surface area contributed by atoms with Gasteiger partial charge in [0.2, 0.25) is 0 Å². The second kappa shape index (κ2) is 7.10. The van der Waals surface area contributed by atoms with E-state index in [4.69, 9.17) is 20.8 Å². The Kier molecular flexibility index (Phi) is 5.45. The smallest absolute Gasteiger partial charge is 0.126 e. The van der Waals surface area contributed by atoms with Crippen molar-refractivity contribution in [2.45, 2.75) is 25.4 Å². The zero-order valence-corrected chi connectivity index (χ0v) is 12.6. The molecule has 0 saturated carbocycles. The van der Waals surface area contributed by atoms with E-state index in [1.807, 2.05) is 24.3 Å². The first-order chi connectivity index (χ1) is 9.24. The minimum absolute atomic E-state index is 0.0209. The molecule has 2 rings (SSSR count). The van der Waals surface area contributed by atoms with Gasteiger partial charge in [0, 0.05) is 18.0 Å². The lowest BCUT2D eigenvalue weighted by atomic mass is 10.1. The minimum Gasteiger partial charge on any atom is -0.467 e. The van der Waals surface area contributed by atoms with Crippen molar-refractivity contribution in [3.8, 4) is 0 Å². The van der Waals surface area contributed by atoms with Crippen molar-refractivity contribution in [2.75, 3.05) is 13.7 Å². The van der Waals surface area contributed by atoms with E-state index in [-0.39, 0.29) is 12.1 Å². The van der Waals surface area contributed by atoms with Crippen LogP contribution < -0.4 is 5.32 Å². The summed E-state index contributed by atoms with van der Waals surface area (Å²) in [4.78, 5) is 1.15. The summed E-state index contributed by atoms with van der Waals surface area (Å²) in [6.45, 7) is 2.81. The van der Waals surface area contributed by atoms with Crippen molar-refractivity contribution in [1.29, 1.82) is 0 Å². The van der Waals surface area contributed by atoms with Crippen molar-refractivity contribution < 1.29 is 9.15 Å². The first-order valence-corrected chi connectivity index (χ1v) is 7.47. The van der Waals surface area contributed by atoms with Crippen LogP contribution in [-0.4, -0.2) is 19.8 Å². The fourth-order valence-corrected chi connectivity index (χ4v) is 3.09. The fraction of sp³-hybridized carbons (Fsp3) is 0.429. The van der Waals surface area contributed by atoms with E-state index in [0.717, 1.165) is 21.4 Å². The van der Waals surface area contributed by atoms with Gasteiger partial charge in [-0.25, -0.2) is 0 Å². The molecule has 0 aliphatic heterocycles. The molecule has 19 heavy (non-hydrogen) atoms. The van der Waals surface area contributed by atoms with Gasteiger partial charge >= 0.3 is 0 Å². The van der Waals surface area contributed by atoms with Crippen LogP contribution in [0.15, 0.2) is 34.9 Å². The van der Waals surface area contributed by atoms with Gasteiger partial charge in [-0.3, -0.25) is 5.32 Å². The summed E-state index contributed by atoms with van der Waals surface area (Å²) in [5.41, 5.74) is 0. The highest BCUT2D eigenvalue weighted by atomic mass is 35.5. The van der Waals surface area contributed by atoms with Crippen molar-refractivity contribution in [1.82, 2.24) is 5.32 Å². The Morgan fingerprint density at radius 2 is 2.26 bits per heavy atom. The van der Waals surface area contributed by atoms with E-state index in [9.17, 15) is 0 Å². The quantitative estimate of drug-likeness (QED) is 0.836. The maximum Gasteiger partial charge on any atom is 0.126 e. The molecule has 0 saturated heterocycles. The van der Waals surface area contributed by atoms with E-state index >= 15 is 0 Å². The van der Waals surface area contributed by atoms with Gasteiger partial charge in [0.15, 0.2) is 0 Å². The fourth-order valence-electron chi connectivity index (χ4n) is 1.96. The molecule has 0 radical (unpaired) electrons. The predicted molar refractivity (Wildman–Crippen MR) is 79.0 cm³/mol. The summed E-state index contributed by atoms with van der Waals surface area (Å²) in [5, 5.41) is 3.57. The Bertz CT molecular complexity index is 483. The number of ether oxygens (including phenoxy) is 1. The summed E-state index contributed by atoms with van der Waals surface area (Å²) in [6, 6.07) is 8.12. The van der Waals surface area contributed by atoms with Crippen molar-refractivity contribution in [3.05, 3.63) is 45.5 Å². The topological polar surface area (TPSA) is 34.4 Å². The van der Waals surface area contributed by atoms with Gasteiger partial charge in [0.25, 0.3) is 0 Å². The van der Waals surface area contributed by atoms with Crippen LogP contribution in [0.4, 0.5) is 0 Å². The molecular weight excluding hydrogens is 282 g/mol. The van der Waals surface area contributed by atoms with Crippen molar-refractivity contribution in [3.63, 3.8) is 0 Å². The highest BCUT2D eigenvalue weighted by molar-refractivity contribution is 7.16. The zero-order chi connectivity index (χ0) is 13.7. The van der Waals surface area contributed by atoms with Crippen LogP contribution in [0.3, 0.4) is 0 Å². The molecule has 0 aliphatic carbocycles. The van der Waals surface area contributed by atoms with Gasteiger partial charge in [-0.1, -0.05) is 18.5 Å². The maximum absolute atomic E-state index is 6.03. The molecule has 2 atom stereocenters. The van der Waals surface area contributed by atoms with Crippen LogP contribution in [-0.2, 0) is 4.74 Å². The molecule has 1 N–H and O–H groups in total. The maximum atomic E-state index is 6.03. The van der Waals surface area contributed by atoms with Crippen molar-refractivity contribution >= 4 is 22.9 Å². The van der Waals surface area contributed by atoms with E-state index in [1.54, 1.807) is 24.7 Å². The third kappa shape index (κ3) is 3.83. The van der Waals surface area contributed by atoms with Crippen LogP contribution in [0, 0.1) is 0 Å². The first kappa shape index (κ1) is 14.6. The third-order valence-corrected chi connectivity index (χ3v) is 4.27. The van der Waals surface area contributed by atoms with Gasteiger partial charge in [0.05, 0.1) is 17.2 Å². The molecule has 2 heterocycles. The molecule has 2 unspecified atom stereocenters. The normalized spacial score (nSPS) is 14.5.